The van der Waals surface area contributed by atoms with Gasteiger partial charge in [0.15, 0.2) is 5.82 Å². The van der Waals surface area contributed by atoms with E-state index in [1.54, 1.807) is 18.4 Å². The highest BCUT2D eigenvalue weighted by atomic mass is 32.1. The van der Waals surface area contributed by atoms with Crippen LogP contribution in [0.3, 0.4) is 0 Å². The maximum atomic E-state index is 5.48. The highest BCUT2D eigenvalue weighted by Gasteiger charge is 2.20. The Morgan fingerprint density at radius 2 is 2.36 bits per heavy atom. The third kappa shape index (κ3) is 3.63. The Hall–Kier alpha value is -1.50. The number of anilines is 1. The molecule has 1 aliphatic heterocycles. The predicted octanol–water partition coefficient (Wildman–Crippen LogP) is 3.11. The molecule has 118 valence electrons. The second kappa shape index (κ2) is 7.17. The molecule has 1 fully saturated rings. The summed E-state index contributed by atoms with van der Waals surface area (Å²) in [7, 11) is 1.66. The SMILES string of the molecule is COCc1nc(NCc2sccc2C)cc(C2CCOC2)n1. The highest BCUT2D eigenvalue weighted by Crippen LogP contribution is 2.26. The maximum absolute atomic E-state index is 5.48. The van der Waals surface area contributed by atoms with Crippen LogP contribution in [0.1, 0.15) is 34.3 Å². The number of thiophene rings is 1. The van der Waals surface area contributed by atoms with Crippen molar-refractivity contribution >= 4 is 17.2 Å². The molecule has 0 saturated carbocycles. The Labute approximate surface area is 134 Å². The molecule has 1 saturated heterocycles. The fraction of sp³-hybridized carbons (Fsp3) is 0.500. The molecule has 0 bridgehead atoms. The number of rotatable bonds is 6. The van der Waals surface area contributed by atoms with Crippen molar-refractivity contribution in [3.05, 3.63) is 39.5 Å². The van der Waals surface area contributed by atoms with Crippen molar-refractivity contribution in [2.45, 2.75) is 32.4 Å². The molecule has 5 nitrogen and oxygen atoms in total. The fourth-order valence-electron chi connectivity index (χ4n) is 2.53. The molecule has 0 aliphatic carbocycles. The Bertz CT molecular complexity index is 624. The van der Waals surface area contributed by atoms with E-state index in [0.29, 0.717) is 12.5 Å². The summed E-state index contributed by atoms with van der Waals surface area (Å²) in [6, 6.07) is 4.18. The maximum Gasteiger partial charge on any atom is 0.156 e. The van der Waals surface area contributed by atoms with Crippen LogP contribution >= 0.6 is 11.3 Å². The minimum Gasteiger partial charge on any atom is -0.381 e. The van der Waals surface area contributed by atoms with E-state index in [-0.39, 0.29) is 0 Å². The molecular formula is C16H21N3O2S. The minimum absolute atomic E-state index is 0.364. The lowest BCUT2D eigenvalue weighted by Gasteiger charge is -2.12. The molecule has 2 aromatic rings. The average Bonchev–Trinajstić information content (AvgIpc) is 3.17. The molecule has 2 aromatic heterocycles. The van der Waals surface area contributed by atoms with Crippen molar-refractivity contribution in [2.75, 3.05) is 25.6 Å². The summed E-state index contributed by atoms with van der Waals surface area (Å²) < 4.78 is 10.7. The topological polar surface area (TPSA) is 56.3 Å². The van der Waals surface area contributed by atoms with E-state index < -0.39 is 0 Å². The Balaban J connectivity index is 1.77. The van der Waals surface area contributed by atoms with Crippen molar-refractivity contribution in [1.82, 2.24) is 9.97 Å². The number of nitrogens with zero attached hydrogens (tertiary/aromatic N) is 2. The summed E-state index contributed by atoms with van der Waals surface area (Å²) >= 11 is 1.76. The Morgan fingerprint density at radius 1 is 1.45 bits per heavy atom. The van der Waals surface area contributed by atoms with Gasteiger partial charge in [-0.05, 0) is 30.4 Å². The standard InChI is InChI=1S/C16H21N3O2S/c1-11-4-6-22-14(11)8-17-15-7-13(12-3-5-21-9-12)18-16(19-15)10-20-2/h4,6-7,12H,3,5,8-10H2,1-2H3,(H,17,18,19). The zero-order chi connectivity index (χ0) is 15.4. The van der Waals surface area contributed by atoms with Crippen LogP contribution in [-0.2, 0) is 22.6 Å². The second-order valence-corrected chi connectivity index (χ2v) is 6.47. The van der Waals surface area contributed by atoms with E-state index in [0.717, 1.165) is 43.5 Å². The molecule has 0 spiro atoms. The van der Waals surface area contributed by atoms with E-state index in [4.69, 9.17) is 9.47 Å². The van der Waals surface area contributed by atoms with Gasteiger partial charge in [-0.3, -0.25) is 0 Å². The second-order valence-electron chi connectivity index (χ2n) is 5.47. The van der Waals surface area contributed by atoms with Crippen LogP contribution < -0.4 is 5.32 Å². The van der Waals surface area contributed by atoms with E-state index in [2.05, 4.69) is 33.7 Å². The van der Waals surface area contributed by atoms with Gasteiger partial charge in [0, 0.05) is 30.6 Å². The number of aromatic nitrogens is 2. The molecule has 3 rings (SSSR count). The molecule has 0 radical (unpaired) electrons. The van der Waals surface area contributed by atoms with Gasteiger partial charge >= 0.3 is 0 Å². The van der Waals surface area contributed by atoms with E-state index >= 15 is 0 Å². The van der Waals surface area contributed by atoms with Crippen LogP contribution in [-0.4, -0.2) is 30.3 Å². The zero-order valence-corrected chi connectivity index (χ0v) is 13.8. The van der Waals surface area contributed by atoms with Crippen LogP contribution in [0.15, 0.2) is 17.5 Å². The van der Waals surface area contributed by atoms with Gasteiger partial charge in [-0.25, -0.2) is 9.97 Å². The number of methoxy groups -OCH3 is 1. The first-order valence-corrected chi connectivity index (χ1v) is 8.35. The molecule has 0 amide bonds. The third-order valence-electron chi connectivity index (χ3n) is 3.81. The van der Waals surface area contributed by atoms with Crippen LogP contribution in [0.4, 0.5) is 5.82 Å². The van der Waals surface area contributed by atoms with Gasteiger partial charge in [0.05, 0.1) is 18.8 Å². The number of ether oxygens (including phenoxy) is 2. The molecule has 1 aliphatic rings. The Morgan fingerprint density at radius 3 is 3.05 bits per heavy atom. The normalized spacial score (nSPS) is 17.8. The van der Waals surface area contributed by atoms with Gasteiger partial charge < -0.3 is 14.8 Å². The first kappa shape index (κ1) is 15.4. The summed E-state index contributed by atoms with van der Waals surface area (Å²) in [6.45, 7) is 4.89. The number of hydrogen-bond acceptors (Lipinski definition) is 6. The summed E-state index contributed by atoms with van der Waals surface area (Å²) in [5.41, 5.74) is 2.36. The van der Waals surface area contributed by atoms with Crippen LogP contribution in [0, 0.1) is 6.92 Å². The van der Waals surface area contributed by atoms with Crippen molar-refractivity contribution in [1.29, 1.82) is 0 Å². The third-order valence-corrected chi connectivity index (χ3v) is 4.83. The smallest absolute Gasteiger partial charge is 0.156 e. The first-order valence-electron chi connectivity index (χ1n) is 7.47. The minimum atomic E-state index is 0.364. The fourth-order valence-corrected chi connectivity index (χ4v) is 3.38. The molecule has 3 heterocycles. The molecular weight excluding hydrogens is 298 g/mol. The van der Waals surface area contributed by atoms with Gasteiger partial charge in [0.2, 0.25) is 0 Å². The molecule has 6 heteroatoms. The molecule has 1 unspecified atom stereocenters. The van der Waals surface area contributed by atoms with Crippen LogP contribution in [0.2, 0.25) is 0 Å². The lowest BCUT2D eigenvalue weighted by molar-refractivity contribution is 0.177. The number of nitrogens with one attached hydrogen (secondary N) is 1. The van der Waals surface area contributed by atoms with Gasteiger partial charge in [-0.1, -0.05) is 0 Å². The summed E-state index contributed by atoms with van der Waals surface area (Å²) in [6.07, 6.45) is 1.02. The van der Waals surface area contributed by atoms with E-state index in [9.17, 15) is 0 Å². The van der Waals surface area contributed by atoms with Gasteiger partial charge in [-0.2, -0.15) is 0 Å². The Kier molecular flexibility index (Phi) is 5.02. The van der Waals surface area contributed by atoms with Crippen molar-refractivity contribution in [3.63, 3.8) is 0 Å². The zero-order valence-electron chi connectivity index (χ0n) is 13.0. The monoisotopic (exact) mass is 319 g/mol. The van der Waals surface area contributed by atoms with E-state index in [1.165, 1.54) is 10.4 Å². The van der Waals surface area contributed by atoms with Gasteiger partial charge in [0.1, 0.15) is 12.4 Å². The van der Waals surface area contributed by atoms with Crippen LogP contribution in [0.25, 0.3) is 0 Å². The van der Waals surface area contributed by atoms with Gasteiger partial charge in [0.25, 0.3) is 0 Å². The quantitative estimate of drug-likeness (QED) is 0.886. The highest BCUT2D eigenvalue weighted by molar-refractivity contribution is 7.10. The van der Waals surface area contributed by atoms with Crippen molar-refractivity contribution in [2.24, 2.45) is 0 Å². The lowest BCUT2D eigenvalue weighted by Crippen LogP contribution is -2.10. The molecule has 0 aromatic carbocycles. The summed E-state index contributed by atoms with van der Waals surface area (Å²) in [5.74, 6) is 1.94. The summed E-state index contributed by atoms with van der Waals surface area (Å²) in [4.78, 5) is 10.5. The first-order chi connectivity index (χ1) is 10.8. The largest absolute Gasteiger partial charge is 0.381 e. The average molecular weight is 319 g/mol. The molecule has 1 atom stereocenters. The molecule has 22 heavy (non-hydrogen) atoms. The number of hydrogen-bond donors (Lipinski definition) is 1. The molecule has 1 N–H and O–H groups in total. The van der Waals surface area contributed by atoms with Crippen molar-refractivity contribution in [3.8, 4) is 0 Å². The predicted molar refractivity (Wildman–Crippen MR) is 87.3 cm³/mol. The number of aryl methyl sites for hydroxylation is 1. The van der Waals surface area contributed by atoms with Gasteiger partial charge in [-0.15, -0.1) is 11.3 Å². The van der Waals surface area contributed by atoms with Crippen LogP contribution in [0.5, 0.6) is 0 Å². The lowest BCUT2D eigenvalue weighted by atomic mass is 10.0. The summed E-state index contributed by atoms with van der Waals surface area (Å²) in [5, 5.41) is 5.53. The van der Waals surface area contributed by atoms with E-state index in [1.807, 2.05) is 6.07 Å². The van der Waals surface area contributed by atoms with Crippen molar-refractivity contribution < 1.29 is 9.47 Å².